The highest BCUT2D eigenvalue weighted by Gasteiger charge is 2.26. The number of hydrogen-bond donors (Lipinski definition) is 1. The predicted octanol–water partition coefficient (Wildman–Crippen LogP) is 4.32. The first-order valence-electron chi connectivity index (χ1n) is 6.70. The van der Waals surface area contributed by atoms with E-state index in [0.29, 0.717) is 11.4 Å². The molecule has 0 saturated heterocycles. The summed E-state index contributed by atoms with van der Waals surface area (Å²) in [5.74, 6) is -0.542. The van der Waals surface area contributed by atoms with Gasteiger partial charge in [0.1, 0.15) is 18.2 Å². The lowest BCUT2D eigenvalue weighted by Crippen LogP contribution is -2.32. The van der Waals surface area contributed by atoms with Gasteiger partial charge in [-0.25, -0.2) is 4.39 Å². The Hall–Kier alpha value is -1.78. The molecule has 6 heteroatoms. The molecule has 1 N–H and O–H groups in total. The van der Waals surface area contributed by atoms with Crippen LogP contribution >= 0.6 is 23.2 Å². The topological polar surface area (TPSA) is 38.3 Å². The minimum atomic E-state index is -0.568. The zero-order chi connectivity index (χ0) is 15.7. The summed E-state index contributed by atoms with van der Waals surface area (Å²) in [6.07, 6.45) is 0.497. The highest BCUT2D eigenvalue weighted by atomic mass is 35.5. The first-order chi connectivity index (χ1) is 10.5. The Morgan fingerprint density at radius 3 is 2.68 bits per heavy atom. The van der Waals surface area contributed by atoms with Crippen molar-refractivity contribution in [1.82, 2.24) is 0 Å². The van der Waals surface area contributed by atoms with E-state index in [2.05, 4.69) is 5.32 Å². The van der Waals surface area contributed by atoms with E-state index in [1.807, 2.05) is 0 Å². The molecule has 0 aromatic heterocycles. The normalized spacial score (nSPS) is 16.6. The number of hydrogen-bond acceptors (Lipinski definition) is 2. The van der Waals surface area contributed by atoms with Crippen molar-refractivity contribution >= 4 is 34.8 Å². The van der Waals surface area contributed by atoms with E-state index in [0.717, 1.165) is 17.4 Å². The molecule has 1 atom stereocenters. The van der Waals surface area contributed by atoms with E-state index < -0.39 is 11.7 Å². The molecular weight excluding hydrogens is 328 g/mol. The summed E-state index contributed by atoms with van der Waals surface area (Å²) >= 11 is 11.6. The van der Waals surface area contributed by atoms with Crippen LogP contribution in [0.1, 0.15) is 5.56 Å². The molecule has 0 aliphatic carbocycles. The number of benzene rings is 2. The standard InChI is InChI=1S/C16H12Cl2FNO2/c17-11-2-4-15-9(6-11)5-10(8-22-15)16(21)20-14-3-1-12(18)7-13(14)19/h1-4,6-7,10H,5,8H2,(H,20,21)/t10-/m1/s1. The van der Waals surface area contributed by atoms with E-state index in [-0.39, 0.29) is 23.2 Å². The molecule has 1 heterocycles. The third kappa shape index (κ3) is 3.18. The molecule has 3 rings (SSSR count). The van der Waals surface area contributed by atoms with Crippen LogP contribution in [0.3, 0.4) is 0 Å². The van der Waals surface area contributed by atoms with Gasteiger partial charge in [-0.3, -0.25) is 4.79 Å². The predicted molar refractivity (Wildman–Crippen MR) is 84.2 cm³/mol. The Morgan fingerprint density at radius 2 is 1.91 bits per heavy atom. The van der Waals surface area contributed by atoms with Crippen molar-refractivity contribution in [3.05, 3.63) is 57.8 Å². The number of anilines is 1. The third-order valence-corrected chi connectivity index (χ3v) is 3.96. The first-order valence-corrected chi connectivity index (χ1v) is 7.45. The minimum absolute atomic E-state index is 0.103. The second-order valence-electron chi connectivity index (χ2n) is 5.08. The van der Waals surface area contributed by atoms with Crippen LogP contribution in [0, 0.1) is 11.7 Å². The van der Waals surface area contributed by atoms with Crippen LogP contribution in [0.25, 0.3) is 0 Å². The number of fused-ring (bicyclic) bond motifs is 1. The van der Waals surface area contributed by atoms with Gasteiger partial charge in [-0.15, -0.1) is 0 Å². The summed E-state index contributed by atoms with van der Waals surface area (Å²) < 4.78 is 19.3. The van der Waals surface area contributed by atoms with Crippen LogP contribution in [0.5, 0.6) is 5.75 Å². The summed E-state index contributed by atoms with van der Waals surface area (Å²) in [7, 11) is 0. The number of ether oxygens (including phenoxy) is 1. The average molecular weight is 340 g/mol. The summed E-state index contributed by atoms with van der Waals surface area (Å²) in [5.41, 5.74) is 0.974. The fraction of sp³-hybridized carbons (Fsp3) is 0.188. The number of nitrogens with one attached hydrogen (secondary N) is 1. The Kier molecular flexibility index (Phi) is 4.23. The molecule has 1 amide bonds. The Morgan fingerprint density at radius 1 is 1.18 bits per heavy atom. The average Bonchev–Trinajstić information content (AvgIpc) is 2.49. The Labute approximate surface area is 137 Å². The van der Waals surface area contributed by atoms with Crippen LogP contribution in [0.4, 0.5) is 10.1 Å². The van der Waals surface area contributed by atoms with Gasteiger partial charge in [-0.05, 0) is 48.4 Å². The van der Waals surface area contributed by atoms with Gasteiger partial charge in [-0.1, -0.05) is 23.2 Å². The molecule has 0 unspecified atom stereocenters. The van der Waals surface area contributed by atoms with E-state index in [9.17, 15) is 9.18 Å². The second-order valence-corrected chi connectivity index (χ2v) is 5.95. The molecule has 0 saturated carbocycles. The smallest absolute Gasteiger partial charge is 0.231 e. The Balaban J connectivity index is 1.74. The fourth-order valence-electron chi connectivity index (χ4n) is 2.36. The molecule has 0 bridgehead atoms. The van der Waals surface area contributed by atoms with Crippen molar-refractivity contribution < 1.29 is 13.9 Å². The summed E-state index contributed by atoms with van der Waals surface area (Å²) in [6, 6.07) is 9.41. The van der Waals surface area contributed by atoms with E-state index in [1.165, 1.54) is 12.1 Å². The van der Waals surface area contributed by atoms with Gasteiger partial charge >= 0.3 is 0 Å². The van der Waals surface area contributed by atoms with Gasteiger partial charge in [0, 0.05) is 10.0 Å². The molecule has 114 valence electrons. The molecular formula is C16H12Cl2FNO2. The fourth-order valence-corrected chi connectivity index (χ4v) is 2.71. The number of halogens is 3. The monoisotopic (exact) mass is 339 g/mol. The molecule has 1 aliphatic rings. The van der Waals surface area contributed by atoms with Crippen LogP contribution in [0.2, 0.25) is 10.0 Å². The third-order valence-electron chi connectivity index (χ3n) is 3.49. The number of carbonyl (C=O) groups excluding carboxylic acids is 1. The van der Waals surface area contributed by atoms with Gasteiger partial charge < -0.3 is 10.1 Å². The van der Waals surface area contributed by atoms with E-state index in [4.69, 9.17) is 27.9 Å². The van der Waals surface area contributed by atoms with Gasteiger partial charge in [0.15, 0.2) is 0 Å². The molecule has 0 radical (unpaired) electrons. The quantitative estimate of drug-likeness (QED) is 0.884. The maximum Gasteiger partial charge on any atom is 0.231 e. The van der Waals surface area contributed by atoms with Crippen molar-refractivity contribution in [3.8, 4) is 5.75 Å². The largest absolute Gasteiger partial charge is 0.492 e. The lowest BCUT2D eigenvalue weighted by molar-refractivity contribution is -0.121. The number of carbonyl (C=O) groups is 1. The van der Waals surface area contributed by atoms with Crippen molar-refractivity contribution in [1.29, 1.82) is 0 Å². The zero-order valence-corrected chi connectivity index (χ0v) is 12.9. The molecule has 22 heavy (non-hydrogen) atoms. The SMILES string of the molecule is O=C(Nc1ccc(Cl)cc1F)[C@H]1COc2ccc(Cl)cc2C1. The molecule has 3 nitrogen and oxygen atoms in total. The summed E-state index contributed by atoms with van der Waals surface area (Å²) in [5, 5.41) is 3.43. The van der Waals surface area contributed by atoms with Gasteiger partial charge in [0.05, 0.1) is 11.6 Å². The van der Waals surface area contributed by atoms with Gasteiger partial charge in [0.25, 0.3) is 0 Å². The van der Waals surface area contributed by atoms with Crippen LogP contribution < -0.4 is 10.1 Å². The summed E-state index contributed by atoms with van der Waals surface area (Å²) in [6.45, 7) is 0.246. The van der Waals surface area contributed by atoms with E-state index >= 15 is 0 Å². The van der Waals surface area contributed by atoms with E-state index in [1.54, 1.807) is 18.2 Å². The number of amides is 1. The molecule has 0 spiro atoms. The molecule has 1 aliphatic heterocycles. The molecule has 2 aromatic carbocycles. The van der Waals surface area contributed by atoms with Crippen LogP contribution in [-0.2, 0) is 11.2 Å². The Bertz CT molecular complexity index is 736. The van der Waals surface area contributed by atoms with Crippen LogP contribution in [0.15, 0.2) is 36.4 Å². The lowest BCUT2D eigenvalue weighted by atomic mass is 9.96. The van der Waals surface area contributed by atoms with Crippen molar-refractivity contribution in [3.63, 3.8) is 0 Å². The van der Waals surface area contributed by atoms with Crippen molar-refractivity contribution in [2.45, 2.75) is 6.42 Å². The van der Waals surface area contributed by atoms with Gasteiger partial charge in [-0.2, -0.15) is 0 Å². The maximum atomic E-state index is 13.7. The lowest BCUT2D eigenvalue weighted by Gasteiger charge is -2.24. The first kappa shape index (κ1) is 15.1. The zero-order valence-electron chi connectivity index (χ0n) is 11.4. The number of rotatable bonds is 2. The van der Waals surface area contributed by atoms with Crippen LogP contribution in [-0.4, -0.2) is 12.5 Å². The van der Waals surface area contributed by atoms with Crippen molar-refractivity contribution in [2.75, 3.05) is 11.9 Å². The maximum absolute atomic E-state index is 13.7. The second kappa shape index (κ2) is 6.15. The minimum Gasteiger partial charge on any atom is -0.492 e. The highest BCUT2D eigenvalue weighted by Crippen LogP contribution is 2.30. The van der Waals surface area contributed by atoms with Crippen molar-refractivity contribution in [2.24, 2.45) is 5.92 Å². The van der Waals surface area contributed by atoms with Gasteiger partial charge in [0.2, 0.25) is 5.91 Å². The molecule has 0 fully saturated rings. The molecule has 2 aromatic rings. The highest BCUT2D eigenvalue weighted by molar-refractivity contribution is 6.31. The summed E-state index contributed by atoms with van der Waals surface area (Å²) in [4.78, 5) is 12.3.